The van der Waals surface area contributed by atoms with Gasteiger partial charge in [0.05, 0.1) is 12.1 Å². The first kappa shape index (κ1) is 30.1. The smallest absolute Gasteiger partial charge is 0.328 e. The zero-order chi connectivity index (χ0) is 24.7. The highest BCUT2D eigenvalue weighted by Gasteiger charge is 2.31. The number of aliphatic carboxylic acids is 1. The van der Waals surface area contributed by atoms with Gasteiger partial charge >= 0.3 is 5.97 Å². The Labute approximate surface area is 193 Å². The number of rotatable bonds is 17. The molecule has 3 amide bonds. The van der Waals surface area contributed by atoms with Crippen molar-refractivity contribution < 1.29 is 29.4 Å². The number of nitrogens with one attached hydrogen (secondary N) is 3. The molecule has 0 saturated carbocycles. The third-order valence-corrected chi connectivity index (χ3v) is 5.11. The third-order valence-electron chi connectivity index (χ3n) is 4.75. The van der Waals surface area contributed by atoms with Crippen molar-refractivity contribution in [1.82, 2.24) is 16.0 Å². The highest BCUT2D eigenvalue weighted by atomic mass is 32.1. The predicted molar refractivity (Wildman–Crippen MR) is 123 cm³/mol. The summed E-state index contributed by atoms with van der Waals surface area (Å²) in [6, 6.07) is -4.50. The molecule has 0 saturated heterocycles. The third kappa shape index (κ3) is 11.6. The number of unbranched alkanes of at least 4 members (excludes halogenated alkanes) is 2. The van der Waals surface area contributed by atoms with Crippen LogP contribution in [0, 0.1) is 0 Å². The van der Waals surface area contributed by atoms with Crippen molar-refractivity contribution in [2.45, 2.75) is 75.7 Å². The Morgan fingerprint density at radius 1 is 0.844 bits per heavy atom. The molecule has 0 bridgehead atoms. The van der Waals surface area contributed by atoms with Gasteiger partial charge < -0.3 is 43.4 Å². The quantitative estimate of drug-likeness (QED) is 0.0789. The Kier molecular flexibility index (Phi) is 15.7. The second-order valence-corrected chi connectivity index (χ2v) is 7.91. The molecule has 0 aliphatic rings. The van der Waals surface area contributed by atoms with E-state index in [4.69, 9.17) is 17.2 Å². The van der Waals surface area contributed by atoms with Crippen LogP contribution < -0.4 is 33.2 Å². The zero-order valence-corrected chi connectivity index (χ0v) is 19.4. The van der Waals surface area contributed by atoms with Crippen molar-refractivity contribution in [3.8, 4) is 0 Å². The van der Waals surface area contributed by atoms with Crippen LogP contribution in [0.4, 0.5) is 0 Å². The van der Waals surface area contributed by atoms with E-state index < -0.39 is 54.0 Å². The number of hydrogen-bond donors (Lipinski definition) is 9. The Morgan fingerprint density at radius 3 is 1.81 bits per heavy atom. The van der Waals surface area contributed by atoms with Crippen molar-refractivity contribution in [3.05, 3.63) is 0 Å². The summed E-state index contributed by atoms with van der Waals surface area (Å²) >= 11 is 4.09. The molecule has 0 radical (unpaired) electrons. The van der Waals surface area contributed by atoms with Crippen molar-refractivity contribution in [2.75, 3.05) is 18.8 Å². The first-order chi connectivity index (χ1) is 15.1. The molecule has 32 heavy (non-hydrogen) atoms. The van der Waals surface area contributed by atoms with Gasteiger partial charge in [-0.15, -0.1) is 0 Å². The van der Waals surface area contributed by atoms with Crippen LogP contribution in [0.3, 0.4) is 0 Å². The van der Waals surface area contributed by atoms with Crippen LogP contribution in [0.5, 0.6) is 0 Å². The van der Waals surface area contributed by atoms with Gasteiger partial charge in [0.15, 0.2) is 6.04 Å². The Hall–Kier alpha value is -1.93. The van der Waals surface area contributed by atoms with Gasteiger partial charge in [-0.3, -0.25) is 14.4 Å². The maximum Gasteiger partial charge on any atom is 0.328 e. The normalized spacial score (nSPS) is 15.7. The van der Waals surface area contributed by atoms with Gasteiger partial charge in [0.1, 0.15) is 12.1 Å². The minimum atomic E-state index is -1.54. The van der Waals surface area contributed by atoms with E-state index in [1.165, 1.54) is 6.92 Å². The number of nitrogens with two attached hydrogens (primary N) is 3. The molecule has 0 fully saturated rings. The predicted octanol–water partition coefficient (Wildman–Crippen LogP) is -2.58. The molecule has 5 unspecified atom stereocenters. The molecule has 12 nitrogen and oxygen atoms in total. The number of carboxylic acids is 1. The van der Waals surface area contributed by atoms with E-state index in [1.54, 1.807) is 0 Å². The van der Waals surface area contributed by atoms with Crippen LogP contribution in [-0.4, -0.2) is 83.0 Å². The lowest BCUT2D eigenvalue weighted by atomic mass is 10.1. The van der Waals surface area contributed by atoms with Crippen molar-refractivity contribution in [1.29, 1.82) is 0 Å². The first-order valence-electron chi connectivity index (χ1n) is 10.7. The van der Waals surface area contributed by atoms with Crippen molar-refractivity contribution in [3.63, 3.8) is 0 Å². The Bertz CT molecular complexity index is 609. The van der Waals surface area contributed by atoms with E-state index in [0.29, 0.717) is 38.8 Å². The summed E-state index contributed by atoms with van der Waals surface area (Å²) in [5, 5.41) is 26.0. The lowest BCUT2D eigenvalue weighted by molar-refractivity contribution is -0.145. The van der Waals surface area contributed by atoms with Crippen LogP contribution in [0.15, 0.2) is 0 Å². The van der Waals surface area contributed by atoms with E-state index in [-0.39, 0.29) is 12.2 Å². The first-order valence-corrected chi connectivity index (χ1v) is 11.3. The van der Waals surface area contributed by atoms with Gasteiger partial charge in [-0.25, -0.2) is 4.79 Å². The van der Waals surface area contributed by atoms with Gasteiger partial charge in [-0.05, 0) is 52.1 Å². The fraction of sp³-hybridized carbons (Fsp3) is 0.789. The fourth-order valence-corrected chi connectivity index (χ4v) is 3.05. The van der Waals surface area contributed by atoms with Crippen molar-refractivity contribution >= 4 is 36.3 Å². The lowest BCUT2D eigenvalue weighted by Gasteiger charge is -2.25. The minimum Gasteiger partial charge on any atom is -0.480 e. The van der Waals surface area contributed by atoms with Crippen LogP contribution in [0.25, 0.3) is 0 Å². The number of thiol groups is 1. The van der Waals surface area contributed by atoms with E-state index in [1.807, 2.05) is 0 Å². The SMILES string of the molecule is CC(O)C(NC(=O)C(CCCCN)NC(=O)C(CS)NC(=O)C(N)CCCCN)C(=O)O. The number of hydrogen-bond acceptors (Lipinski definition) is 9. The summed E-state index contributed by atoms with van der Waals surface area (Å²) < 4.78 is 0. The molecule has 5 atom stereocenters. The number of aliphatic hydroxyl groups is 1. The van der Waals surface area contributed by atoms with Crippen LogP contribution >= 0.6 is 12.6 Å². The maximum atomic E-state index is 12.7. The molecule has 11 N–H and O–H groups in total. The van der Waals surface area contributed by atoms with E-state index in [9.17, 15) is 29.4 Å². The minimum absolute atomic E-state index is 0.0460. The largest absolute Gasteiger partial charge is 0.480 e. The standard InChI is InChI=1S/C19H38N6O6S/c1-11(26)15(19(30)31)25-17(28)13(7-3-5-9-21)23-18(29)14(10-32)24-16(27)12(22)6-2-4-8-20/h11-15,26,32H,2-10,20-22H2,1H3,(H,23,29)(H,24,27)(H,25,28)(H,30,31). The molecule has 186 valence electrons. The Balaban J connectivity index is 5.16. The highest BCUT2D eigenvalue weighted by Crippen LogP contribution is 2.05. The maximum absolute atomic E-state index is 12.7. The molecule has 0 aliphatic carbocycles. The summed E-state index contributed by atoms with van der Waals surface area (Å²) in [7, 11) is 0. The highest BCUT2D eigenvalue weighted by molar-refractivity contribution is 7.80. The second-order valence-electron chi connectivity index (χ2n) is 7.55. The second kappa shape index (κ2) is 16.7. The number of carbonyl (C=O) groups excluding carboxylic acids is 3. The average Bonchev–Trinajstić information content (AvgIpc) is 2.74. The molecule has 0 spiro atoms. The summed E-state index contributed by atoms with van der Waals surface area (Å²) in [6.45, 7) is 2.09. The van der Waals surface area contributed by atoms with Gasteiger partial charge in [-0.2, -0.15) is 12.6 Å². The van der Waals surface area contributed by atoms with E-state index in [0.717, 1.165) is 6.42 Å². The summed E-state index contributed by atoms with van der Waals surface area (Å²) in [5.74, 6) is -3.43. The summed E-state index contributed by atoms with van der Waals surface area (Å²) in [6.07, 6.45) is 1.72. The number of carboxylic acid groups (broad SMARTS) is 1. The van der Waals surface area contributed by atoms with Gasteiger partial charge in [0.2, 0.25) is 17.7 Å². The topological polar surface area (TPSA) is 223 Å². The number of amides is 3. The molecule has 0 aromatic carbocycles. The van der Waals surface area contributed by atoms with E-state index >= 15 is 0 Å². The zero-order valence-electron chi connectivity index (χ0n) is 18.5. The molecule has 0 aromatic rings. The van der Waals surface area contributed by atoms with E-state index in [2.05, 4.69) is 28.6 Å². The number of aliphatic hydroxyl groups excluding tert-OH is 1. The van der Waals surface area contributed by atoms with Gasteiger partial charge in [0.25, 0.3) is 0 Å². The van der Waals surface area contributed by atoms with Crippen molar-refractivity contribution in [2.24, 2.45) is 17.2 Å². The van der Waals surface area contributed by atoms with Crippen LogP contribution in [-0.2, 0) is 19.2 Å². The molecular formula is C19H38N6O6S. The molecule has 13 heteroatoms. The lowest BCUT2D eigenvalue weighted by Crippen LogP contribution is -2.58. The molecule has 0 aliphatic heterocycles. The average molecular weight is 479 g/mol. The molecule has 0 aromatic heterocycles. The van der Waals surface area contributed by atoms with Gasteiger partial charge in [0, 0.05) is 5.75 Å². The monoisotopic (exact) mass is 478 g/mol. The van der Waals surface area contributed by atoms with Gasteiger partial charge in [-0.1, -0.05) is 6.42 Å². The molecule has 0 heterocycles. The van der Waals surface area contributed by atoms with Crippen LogP contribution in [0.1, 0.15) is 45.4 Å². The molecule has 0 rings (SSSR count). The number of carbonyl (C=O) groups is 4. The summed E-state index contributed by atoms with van der Waals surface area (Å²) in [5.41, 5.74) is 16.7. The summed E-state index contributed by atoms with van der Waals surface area (Å²) in [4.78, 5) is 48.8. The van der Waals surface area contributed by atoms with Crippen LogP contribution in [0.2, 0.25) is 0 Å². The molecular weight excluding hydrogens is 440 g/mol. The fourth-order valence-electron chi connectivity index (χ4n) is 2.79. The Morgan fingerprint density at radius 2 is 1.34 bits per heavy atom.